The molecule has 1 atom stereocenters. The van der Waals surface area contributed by atoms with Crippen LogP contribution in [0.3, 0.4) is 0 Å². The molecule has 1 unspecified atom stereocenters. The molecule has 0 amide bonds. The second kappa shape index (κ2) is 7.06. The second-order valence-electron chi connectivity index (χ2n) is 4.28. The maximum Gasteiger partial charge on any atom is 0.134 e. The molecule has 0 aliphatic carbocycles. The first-order valence-electron chi connectivity index (χ1n) is 6.10. The predicted octanol–water partition coefficient (Wildman–Crippen LogP) is 1.58. The lowest BCUT2D eigenvalue weighted by atomic mass is 10.0. The number of nitrogens with two attached hydrogens (primary N) is 1. The zero-order valence-electron chi connectivity index (χ0n) is 10.6. The lowest BCUT2D eigenvalue weighted by molar-refractivity contribution is 0.255. The van der Waals surface area contributed by atoms with Gasteiger partial charge in [0.05, 0.1) is 0 Å². The number of nitrogens with zero attached hydrogens (tertiary/aromatic N) is 2. The highest BCUT2D eigenvalue weighted by Crippen LogP contribution is 2.17. The second-order valence-corrected chi connectivity index (χ2v) is 4.28. The quantitative estimate of drug-likeness (QED) is 0.671. The highest BCUT2D eigenvalue weighted by molar-refractivity contribution is 5.53. The van der Waals surface area contributed by atoms with Crippen molar-refractivity contribution < 1.29 is 5.11 Å². The summed E-state index contributed by atoms with van der Waals surface area (Å²) >= 11 is 0. The first kappa shape index (κ1) is 13.7. The molecule has 96 valence electrons. The molecule has 0 saturated heterocycles. The molecule has 0 saturated carbocycles. The van der Waals surface area contributed by atoms with Gasteiger partial charge in [0, 0.05) is 18.7 Å². The van der Waals surface area contributed by atoms with Gasteiger partial charge in [0.1, 0.15) is 18.0 Å². The summed E-state index contributed by atoms with van der Waals surface area (Å²) < 4.78 is 0. The van der Waals surface area contributed by atoms with Crippen LogP contribution < -0.4 is 11.1 Å². The van der Waals surface area contributed by atoms with Gasteiger partial charge in [-0.25, -0.2) is 9.97 Å². The van der Waals surface area contributed by atoms with E-state index in [1.54, 1.807) is 0 Å². The molecule has 1 heterocycles. The Morgan fingerprint density at radius 2 is 2.18 bits per heavy atom. The number of hydrogen-bond donors (Lipinski definition) is 3. The normalized spacial score (nSPS) is 12.4. The minimum Gasteiger partial charge on any atom is -0.396 e. The number of anilines is 2. The van der Waals surface area contributed by atoms with E-state index in [1.165, 1.54) is 6.33 Å². The minimum atomic E-state index is 0.233. The Labute approximate surface area is 102 Å². The number of nitrogen functional groups attached to an aromatic ring is 1. The first-order valence-corrected chi connectivity index (χ1v) is 6.10. The molecule has 0 spiro atoms. The molecular formula is C12H22N4O. The van der Waals surface area contributed by atoms with Gasteiger partial charge in [-0.05, 0) is 25.7 Å². The summed E-state index contributed by atoms with van der Waals surface area (Å²) in [6.07, 6.45) is 4.51. The molecule has 17 heavy (non-hydrogen) atoms. The monoisotopic (exact) mass is 238 g/mol. The van der Waals surface area contributed by atoms with Gasteiger partial charge in [-0.15, -0.1) is 0 Å². The molecular weight excluding hydrogens is 216 g/mol. The number of rotatable bonds is 7. The Kier molecular flexibility index (Phi) is 5.69. The van der Waals surface area contributed by atoms with E-state index in [9.17, 15) is 0 Å². The van der Waals surface area contributed by atoms with Crippen molar-refractivity contribution in [1.82, 2.24) is 9.97 Å². The van der Waals surface area contributed by atoms with E-state index in [0.29, 0.717) is 11.7 Å². The van der Waals surface area contributed by atoms with E-state index in [-0.39, 0.29) is 6.61 Å². The van der Waals surface area contributed by atoms with Gasteiger partial charge in [-0.3, -0.25) is 0 Å². The van der Waals surface area contributed by atoms with Crippen molar-refractivity contribution in [2.75, 3.05) is 24.2 Å². The molecule has 0 aliphatic heterocycles. The summed E-state index contributed by atoms with van der Waals surface area (Å²) in [6.45, 7) is 5.10. The smallest absolute Gasteiger partial charge is 0.134 e. The van der Waals surface area contributed by atoms with Gasteiger partial charge in [-0.2, -0.15) is 0 Å². The summed E-state index contributed by atoms with van der Waals surface area (Å²) in [5, 5.41) is 12.3. The van der Waals surface area contributed by atoms with Crippen molar-refractivity contribution >= 4 is 11.6 Å². The zero-order chi connectivity index (χ0) is 12.7. The maximum atomic E-state index is 8.99. The first-order chi connectivity index (χ1) is 8.19. The Bertz CT molecular complexity index is 337. The molecule has 1 rings (SSSR count). The third-order valence-corrected chi connectivity index (χ3v) is 2.92. The average Bonchev–Trinajstić information content (AvgIpc) is 2.31. The molecule has 4 N–H and O–H groups in total. The van der Waals surface area contributed by atoms with Crippen LogP contribution in [-0.2, 0) is 0 Å². The Balaban J connectivity index is 2.55. The van der Waals surface area contributed by atoms with Crippen LogP contribution >= 0.6 is 0 Å². The molecule has 0 radical (unpaired) electrons. The van der Waals surface area contributed by atoms with Crippen molar-refractivity contribution in [2.24, 2.45) is 5.92 Å². The van der Waals surface area contributed by atoms with Gasteiger partial charge in [-0.1, -0.05) is 13.3 Å². The topological polar surface area (TPSA) is 84.1 Å². The minimum absolute atomic E-state index is 0.233. The highest BCUT2D eigenvalue weighted by Gasteiger charge is 2.09. The lowest BCUT2D eigenvalue weighted by Gasteiger charge is -2.17. The summed E-state index contributed by atoms with van der Waals surface area (Å²) in [6, 6.07) is 0. The van der Waals surface area contributed by atoms with Crippen molar-refractivity contribution in [3.8, 4) is 0 Å². The summed E-state index contributed by atoms with van der Waals surface area (Å²) in [7, 11) is 0. The van der Waals surface area contributed by atoms with Crippen LogP contribution in [0.2, 0.25) is 0 Å². The fourth-order valence-electron chi connectivity index (χ4n) is 1.82. The van der Waals surface area contributed by atoms with Crippen LogP contribution in [-0.4, -0.2) is 28.2 Å². The van der Waals surface area contributed by atoms with E-state index in [1.807, 2.05) is 6.92 Å². The fourth-order valence-corrected chi connectivity index (χ4v) is 1.82. The number of nitrogens with one attached hydrogen (secondary N) is 1. The lowest BCUT2D eigenvalue weighted by Crippen LogP contribution is -2.17. The van der Waals surface area contributed by atoms with Gasteiger partial charge in [0.2, 0.25) is 0 Å². The van der Waals surface area contributed by atoms with E-state index in [2.05, 4.69) is 22.2 Å². The summed E-state index contributed by atoms with van der Waals surface area (Å²) in [4.78, 5) is 8.09. The van der Waals surface area contributed by atoms with Gasteiger partial charge in [0.25, 0.3) is 0 Å². The van der Waals surface area contributed by atoms with E-state index < -0.39 is 0 Å². The van der Waals surface area contributed by atoms with Crippen LogP contribution in [0.25, 0.3) is 0 Å². The number of hydrogen-bond acceptors (Lipinski definition) is 5. The van der Waals surface area contributed by atoms with E-state index in [4.69, 9.17) is 10.8 Å². The standard InChI is InChI=1S/C12H22N4O/c1-3-4-10(5-6-17)7-14-12-9(2)11(13)15-8-16-12/h8,10,17H,3-7H2,1-2H3,(H3,13,14,15,16). The van der Waals surface area contributed by atoms with Gasteiger partial charge < -0.3 is 16.2 Å². The Morgan fingerprint density at radius 1 is 1.41 bits per heavy atom. The third-order valence-electron chi connectivity index (χ3n) is 2.92. The molecule has 0 aliphatic rings. The van der Waals surface area contributed by atoms with E-state index >= 15 is 0 Å². The number of aliphatic hydroxyl groups excluding tert-OH is 1. The predicted molar refractivity (Wildman–Crippen MR) is 69.8 cm³/mol. The van der Waals surface area contributed by atoms with Crippen molar-refractivity contribution in [2.45, 2.75) is 33.1 Å². The SMILES string of the molecule is CCCC(CCO)CNc1ncnc(N)c1C. The average molecular weight is 238 g/mol. The zero-order valence-corrected chi connectivity index (χ0v) is 10.6. The van der Waals surface area contributed by atoms with Crippen LogP contribution in [0.15, 0.2) is 6.33 Å². The van der Waals surface area contributed by atoms with Crippen LogP contribution in [0.5, 0.6) is 0 Å². The molecule has 0 fully saturated rings. The molecule has 5 nitrogen and oxygen atoms in total. The molecule has 0 bridgehead atoms. The van der Waals surface area contributed by atoms with Crippen LogP contribution in [0, 0.1) is 12.8 Å². The van der Waals surface area contributed by atoms with Crippen LogP contribution in [0.1, 0.15) is 31.7 Å². The van der Waals surface area contributed by atoms with Gasteiger partial charge >= 0.3 is 0 Å². The van der Waals surface area contributed by atoms with Crippen molar-refractivity contribution in [3.05, 3.63) is 11.9 Å². The molecule has 0 aromatic carbocycles. The number of aromatic nitrogens is 2. The molecule has 1 aromatic rings. The summed E-state index contributed by atoms with van der Waals surface area (Å²) in [5.41, 5.74) is 6.59. The Hall–Kier alpha value is -1.36. The Morgan fingerprint density at radius 3 is 2.82 bits per heavy atom. The third kappa shape index (κ3) is 4.19. The largest absolute Gasteiger partial charge is 0.396 e. The number of aliphatic hydroxyl groups is 1. The van der Waals surface area contributed by atoms with E-state index in [0.717, 1.165) is 37.2 Å². The van der Waals surface area contributed by atoms with Crippen molar-refractivity contribution in [3.63, 3.8) is 0 Å². The molecule has 1 aromatic heterocycles. The van der Waals surface area contributed by atoms with Gasteiger partial charge in [0.15, 0.2) is 0 Å². The van der Waals surface area contributed by atoms with Crippen LogP contribution in [0.4, 0.5) is 11.6 Å². The maximum absolute atomic E-state index is 8.99. The molecule has 5 heteroatoms. The summed E-state index contributed by atoms with van der Waals surface area (Å²) in [5.74, 6) is 1.77. The van der Waals surface area contributed by atoms with Crippen molar-refractivity contribution in [1.29, 1.82) is 0 Å². The highest BCUT2D eigenvalue weighted by atomic mass is 16.3. The fraction of sp³-hybridized carbons (Fsp3) is 0.667.